The predicted molar refractivity (Wildman–Crippen MR) is 139 cm³/mol. The summed E-state index contributed by atoms with van der Waals surface area (Å²) >= 11 is 0. The monoisotopic (exact) mass is 483 g/mol. The summed E-state index contributed by atoms with van der Waals surface area (Å²) in [4.78, 5) is 19.2. The Balaban J connectivity index is 1.24. The highest BCUT2D eigenvalue weighted by molar-refractivity contribution is 5.79. The first-order chi connectivity index (χ1) is 17.6. The zero-order valence-electron chi connectivity index (χ0n) is 20.5. The Labute approximate surface area is 210 Å². The summed E-state index contributed by atoms with van der Waals surface area (Å²) in [5.41, 5.74) is 6.11. The van der Waals surface area contributed by atoms with Crippen LogP contribution >= 0.6 is 0 Å². The standard InChI is InChI=1S/C29H29N3O4/c1-34-26-10-8-23(16-27(26)35-2)25-18-32-17-24(9-11-28(32)30-25)22-12-14-31(15-13-22)29(33)20-36-19-21-6-4-3-5-7-21/h3-12,16-18H,13-15,19-20H2,1-2H3. The molecule has 36 heavy (non-hydrogen) atoms. The van der Waals surface area contributed by atoms with Crippen molar-refractivity contribution >= 4 is 17.1 Å². The Morgan fingerprint density at radius 2 is 1.75 bits per heavy atom. The Bertz CT molecular complexity index is 1390. The molecule has 0 saturated carbocycles. The Kier molecular flexibility index (Phi) is 7.00. The molecule has 1 aliphatic rings. The van der Waals surface area contributed by atoms with Crippen molar-refractivity contribution in [1.82, 2.24) is 14.3 Å². The van der Waals surface area contributed by atoms with Gasteiger partial charge in [-0.15, -0.1) is 0 Å². The van der Waals surface area contributed by atoms with Crippen molar-refractivity contribution in [2.24, 2.45) is 0 Å². The summed E-state index contributed by atoms with van der Waals surface area (Å²) in [6, 6.07) is 19.8. The van der Waals surface area contributed by atoms with E-state index >= 15 is 0 Å². The highest BCUT2D eigenvalue weighted by Gasteiger charge is 2.18. The topological polar surface area (TPSA) is 65.3 Å². The molecule has 0 spiro atoms. The van der Waals surface area contributed by atoms with E-state index in [0.717, 1.165) is 34.5 Å². The molecule has 0 atom stereocenters. The lowest BCUT2D eigenvalue weighted by Crippen LogP contribution is -2.37. The number of aromatic nitrogens is 2. The van der Waals surface area contributed by atoms with Crippen molar-refractivity contribution in [2.45, 2.75) is 13.0 Å². The van der Waals surface area contributed by atoms with Gasteiger partial charge in [-0.25, -0.2) is 4.98 Å². The van der Waals surface area contributed by atoms with Gasteiger partial charge in [0.05, 0.1) is 26.5 Å². The van der Waals surface area contributed by atoms with Gasteiger partial charge in [0.25, 0.3) is 0 Å². The van der Waals surface area contributed by atoms with E-state index in [-0.39, 0.29) is 12.5 Å². The van der Waals surface area contributed by atoms with Crippen molar-refractivity contribution in [2.75, 3.05) is 33.9 Å². The molecule has 2 aromatic heterocycles. The zero-order valence-corrected chi connectivity index (χ0v) is 20.5. The van der Waals surface area contributed by atoms with Gasteiger partial charge in [0.2, 0.25) is 5.91 Å². The van der Waals surface area contributed by atoms with E-state index < -0.39 is 0 Å². The third-order valence-electron chi connectivity index (χ3n) is 6.40. The lowest BCUT2D eigenvalue weighted by atomic mass is 10.0. The fourth-order valence-electron chi connectivity index (χ4n) is 4.40. The van der Waals surface area contributed by atoms with Crippen LogP contribution in [0.4, 0.5) is 0 Å². The molecule has 0 fully saturated rings. The number of pyridine rings is 1. The van der Waals surface area contributed by atoms with Crippen LogP contribution in [-0.4, -0.2) is 54.1 Å². The number of carbonyl (C=O) groups is 1. The summed E-state index contributed by atoms with van der Waals surface area (Å²) in [6.07, 6.45) is 7.04. The summed E-state index contributed by atoms with van der Waals surface area (Å²) < 4.78 is 18.4. The zero-order chi connectivity index (χ0) is 24.9. The summed E-state index contributed by atoms with van der Waals surface area (Å²) in [6.45, 7) is 1.80. The average molecular weight is 484 g/mol. The van der Waals surface area contributed by atoms with Crippen LogP contribution in [0, 0.1) is 0 Å². The van der Waals surface area contributed by atoms with Gasteiger partial charge < -0.3 is 23.5 Å². The minimum absolute atomic E-state index is 0.0193. The molecule has 4 aromatic rings. The molecule has 0 bridgehead atoms. The van der Waals surface area contributed by atoms with E-state index in [1.54, 1.807) is 14.2 Å². The van der Waals surface area contributed by atoms with Gasteiger partial charge in [0.15, 0.2) is 11.5 Å². The highest BCUT2D eigenvalue weighted by atomic mass is 16.5. The van der Waals surface area contributed by atoms with Crippen LogP contribution in [0.3, 0.4) is 0 Å². The summed E-state index contributed by atoms with van der Waals surface area (Å²) in [5, 5.41) is 0. The van der Waals surface area contributed by atoms with Crippen LogP contribution in [0.1, 0.15) is 17.5 Å². The molecule has 2 aromatic carbocycles. The van der Waals surface area contributed by atoms with Crippen molar-refractivity contribution in [3.05, 3.63) is 90.3 Å². The molecule has 0 N–H and O–H groups in total. The Morgan fingerprint density at radius 3 is 2.50 bits per heavy atom. The molecule has 3 heterocycles. The number of fused-ring (bicyclic) bond motifs is 1. The largest absolute Gasteiger partial charge is 0.493 e. The quantitative estimate of drug-likeness (QED) is 0.358. The maximum absolute atomic E-state index is 12.6. The average Bonchev–Trinajstić information content (AvgIpc) is 3.37. The number of carbonyl (C=O) groups excluding carboxylic acids is 1. The molecule has 7 nitrogen and oxygen atoms in total. The van der Waals surface area contributed by atoms with Gasteiger partial charge in [-0.3, -0.25) is 4.79 Å². The van der Waals surface area contributed by atoms with Gasteiger partial charge >= 0.3 is 0 Å². The van der Waals surface area contributed by atoms with Gasteiger partial charge in [-0.2, -0.15) is 0 Å². The van der Waals surface area contributed by atoms with Crippen LogP contribution in [0.15, 0.2) is 79.1 Å². The van der Waals surface area contributed by atoms with Crippen molar-refractivity contribution in [3.8, 4) is 22.8 Å². The summed E-state index contributed by atoms with van der Waals surface area (Å²) in [5.74, 6) is 1.38. The maximum Gasteiger partial charge on any atom is 0.248 e. The van der Waals surface area contributed by atoms with E-state index in [1.807, 2.05) is 70.1 Å². The number of methoxy groups -OCH3 is 2. The number of hydrogen-bond acceptors (Lipinski definition) is 5. The number of benzene rings is 2. The molecule has 0 aliphatic carbocycles. The Morgan fingerprint density at radius 1 is 0.944 bits per heavy atom. The fraction of sp³-hybridized carbons (Fsp3) is 0.241. The van der Waals surface area contributed by atoms with E-state index in [0.29, 0.717) is 31.2 Å². The number of amides is 1. The lowest BCUT2D eigenvalue weighted by molar-refractivity contribution is -0.136. The van der Waals surface area contributed by atoms with Crippen molar-refractivity contribution < 1.29 is 19.0 Å². The number of rotatable bonds is 8. The van der Waals surface area contributed by atoms with Crippen LogP contribution in [0.5, 0.6) is 11.5 Å². The second kappa shape index (κ2) is 10.7. The molecule has 5 rings (SSSR count). The third kappa shape index (κ3) is 5.11. The molecular formula is C29H29N3O4. The molecule has 1 aliphatic heterocycles. The molecule has 0 unspecified atom stereocenters. The maximum atomic E-state index is 12.6. The van der Waals surface area contributed by atoms with Crippen LogP contribution < -0.4 is 9.47 Å². The van der Waals surface area contributed by atoms with E-state index in [4.69, 9.17) is 19.2 Å². The normalized spacial score (nSPS) is 13.5. The smallest absolute Gasteiger partial charge is 0.248 e. The van der Waals surface area contributed by atoms with Crippen LogP contribution in [-0.2, 0) is 16.1 Å². The van der Waals surface area contributed by atoms with Crippen LogP contribution in [0.2, 0.25) is 0 Å². The van der Waals surface area contributed by atoms with E-state index in [9.17, 15) is 4.79 Å². The second-order valence-corrected chi connectivity index (χ2v) is 8.68. The number of nitrogens with zero attached hydrogens (tertiary/aromatic N) is 3. The first-order valence-corrected chi connectivity index (χ1v) is 11.9. The van der Waals surface area contributed by atoms with Gasteiger partial charge in [-0.05, 0) is 53.5 Å². The molecule has 7 heteroatoms. The highest BCUT2D eigenvalue weighted by Crippen LogP contribution is 2.32. The number of hydrogen-bond donors (Lipinski definition) is 0. The number of ether oxygens (including phenoxy) is 3. The minimum atomic E-state index is 0.0193. The predicted octanol–water partition coefficient (Wildman–Crippen LogP) is 4.85. The number of imidazole rings is 1. The molecule has 184 valence electrons. The second-order valence-electron chi connectivity index (χ2n) is 8.68. The SMILES string of the molecule is COc1ccc(-c2cn3cc(C4=CCN(C(=O)COCc5ccccc5)CC4)ccc3n2)cc1OC. The third-order valence-corrected chi connectivity index (χ3v) is 6.40. The summed E-state index contributed by atoms with van der Waals surface area (Å²) in [7, 11) is 3.25. The Hall–Kier alpha value is -4.10. The van der Waals surface area contributed by atoms with Crippen molar-refractivity contribution in [3.63, 3.8) is 0 Å². The first kappa shape index (κ1) is 23.6. The minimum Gasteiger partial charge on any atom is -0.493 e. The van der Waals surface area contributed by atoms with Crippen molar-refractivity contribution in [1.29, 1.82) is 0 Å². The fourth-order valence-corrected chi connectivity index (χ4v) is 4.40. The molecule has 0 saturated heterocycles. The molecular weight excluding hydrogens is 454 g/mol. The molecule has 0 radical (unpaired) electrons. The van der Waals surface area contributed by atoms with E-state index in [1.165, 1.54) is 5.57 Å². The van der Waals surface area contributed by atoms with Gasteiger partial charge in [0.1, 0.15) is 12.3 Å². The van der Waals surface area contributed by atoms with Gasteiger partial charge in [-0.1, -0.05) is 36.4 Å². The van der Waals surface area contributed by atoms with Crippen LogP contribution in [0.25, 0.3) is 22.5 Å². The molecule has 1 amide bonds. The van der Waals surface area contributed by atoms with Gasteiger partial charge in [0, 0.05) is 31.0 Å². The lowest BCUT2D eigenvalue weighted by Gasteiger charge is -2.26. The van der Waals surface area contributed by atoms with E-state index in [2.05, 4.69) is 18.3 Å². The first-order valence-electron chi connectivity index (χ1n) is 11.9.